The number of aromatic nitrogens is 2. The summed E-state index contributed by atoms with van der Waals surface area (Å²) in [6, 6.07) is 9.09. The fraction of sp³-hybridized carbons (Fsp3) is 0.700. The molecule has 1 aromatic carbocycles. The number of carbonyl (C=O) groups is 2. The first-order chi connectivity index (χ1) is 17.7. The van der Waals surface area contributed by atoms with Gasteiger partial charge in [-0.15, -0.1) is 0 Å². The number of nitrogens with one attached hydrogen (secondary N) is 1. The molecule has 0 saturated heterocycles. The van der Waals surface area contributed by atoms with Crippen LogP contribution >= 0.6 is 0 Å². The highest BCUT2D eigenvalue weighted by Crippen LogP contribution is 2.31. The molecule has 3 saturated carbocycles. The van der Waals surface area contributed by atoms with E-state index in [0.29, 0.717) is 24.5 Å². The molecule has 6 heteroatoms. The highest BCUT2D eigenvalue weighted by Gasteiger charge is 2.33. The van der Waals surface area contributed by atoms with Gasteiger partial charge in [0.25, 0.3) is 0 Å². The molecule has 0 spiro atoms. The maximum Gasteiger partial charge on any atom is 0.243 e. The SMILES string of the molecule is O=C(NCCCCCc1nc2ccccc2n1CC(=O)N(C1CCCCC1)C1CCCCC1)C1CC1. The minimum Gasteiger partial charge on any atom is -0.356 e. The Morgan fingerprint density at radius 3 is 2.19 bits per heavy atom. The van der Waals surface area contributed by atoms with Crippen molar-refractivity contribution in [1.82, 2.24) is 19.8 Å². The van der Waals surface area contributed by atoms with Crippen LogP contribution in [0.5, 0.6) is 0 Å². The summed E-state index contributed by atoms with van der Waals surface area (Å²) in [6.45, 7) is 1.17. The molecule has 3 aliphatic carbocycles. The largest absolute Gasteiger partial charge is 0.356 e. The summed E-state index contributed by atoms with van der Waals surface area (Å²) in [4.78, 5) is 33.1. The first-order valence-electron chi connectivity index (χ1n) is 14.7. The molecule has 1 heterocycles. The number of para-hydroxylation sites is 2. The number of aryl methyl sites for hydroxylation is 1. The van der Waals surface area contributed by atoms with Gasteiger partial charge in [0.15, 0.2) is 0 Å². The summed E-state index contributed by atoms with van der Waals surface area (Å²) < 4.78 is 2.20. The second-order valence-electron chi connectivity index (χ2n) is 11.4. The summed E-state index contributed by atoms with van der Waals surface area (Å²) in [6.07, 6.45) is 18.3. The van der Waals surface area contributed by atoms with Gasteiger partial charge in [0.1, 0.15) is 12.4 Å². The second kappa shape index (κ2) is 12.2. The predicted molar refractivity (Wildman–Crippen MR) is 144 cm³/mol. The number of fused-ring (bicyclic) bond motifs is 1. The van der Waals surface area contributed by atoms with Gasteiger partial charge >= 0.3 is 0 Å². The Morgan fingerprint density at radius 2 is 1.53 bits per heavy atom. The zero-order chi connectivity index (χ0) is 24.7. The van der Waals surface area contributed by atoms with Gasteiger partial charge < -0.3 is 14.8 Å². The standard InChI is InChI=1S/C30H44N4O2/c35-29(34(24-12-4-1-5-13-24)25-14-6-2-7-15-25)22-33-27-17-10-9-16-26(27)32-28(33)18-8-3-11-21-31-30(36)23-19-20-23/h9-10,16-17,23-25H,1-8,11-15,18-22H2,(H,31,36). The van der Waals surface area contributed by atoms with Crippen LogP contribution in [0.25, 0.3) is 11.0 Å². The lowest BCUT2D eigenvalue weighted by atomic mass is 9.88. The average Bonchev–Trinajstić information content (AvgIpc) is 3.71. The van der Waals surface area contributed by atoms with Crippen molar-refractivity contribution in [3.05, 3.63) is 30.1 Å². The van der Waals surface area contributed by atoms with Crippen molar-refractivity contribution in [3.63, 3.8) is 0 Å². The molecule has 0 bridgehead atoms. The van der Waals surface area contributed by atoms with E-state index in [9.17, 15) is 9.59 Å². The van der Waals surface area contributed by atoms with Crippen molar-refractivity contribution < 1.29 is 9.59 Å². The summed E-state index contributed by atoms with van der Waals surface area (Å²) in [7, 11) is 0. The minimum atomic E-state index is 0.232. The van der Waals surface area contributed by atoms with Crippen LogP contribution in [0.15, 0.2) is 24.3 Å². The number of amides is 2. The number of unbranched alkanes of at least 4 members (excludes halogenated alkanes) is 2. The fourth-order valence-electron chi connectivity index (χ4n) is 6.42. The van der Waals surface area contributed by atoms with Crippen LogP contribution in [-0.4, -0.2) is 44.9 Å². The Hall–Kier alpha value is -2.37. The lowest BCUT2D eigenvalue weighted by Gasteiger charge is -2.42. The molecule has 3 aliphatic rings. The first kappa shape index (κ1) is 25.3. The van der Waals surface area contributed by atoms with E-state index in [1.165, 1.54) is 38.5 Å². The summed E-state index contributed by atoms with van der Waals surface area (Å²) in [5, 5.41) is 3.07. The van der Waals surface area contributed by atoms with Crippen molar-refractivity contribution in [2.45, 2.75) is 121 Å². The molecule has 1 N–H and O–H groups in total. The molecule has 0 unspecified atom stereocenters. The highest BCUT2D eigenvalue weighted by atomic mass is 16.2. The molecule has 6 nitrogen and oxygen atoms in total. The number of hydrogen-bond donors (Lipinski definition) is 1. The molecule has 3 fully saturated rings. The van der Waals surface area contributed by atoms with E-state index in [2.05, 4.69) is 33.0 Å². The number of rotatable bonds is 11. The molecule has 36 heavy (non-hydrogen) atoms. The van der Waals surface area contributed by atoms with Gasteiger partial charge in [0, 0.05) is 31.0 Å². The molecule has 0 aliphatic heterocycles. The van der Waals surface area contributed by atoms with E-state index in [1.54, 1.807) is 0 Å². The molecular weight excluding hydrogens is 448 g/mol. The van der Waals surface area contributed by atoms with Gasteiger partial charge in [0.2, 0.25) is 11.8 Å². The Kier molecular flexibility index (Phi) is 8.60. The van der Waals surface area contributed by atoms with Crippen molar-refractivity contribution >= 4 is 22.8 Å². The number of benzene rings is 1. The van der Waals surface area contributed by atoms with Crippen molar-refractivity contribution in [1.29, 1.82) is 0 Å². The van der Waals surface area contributed by atoms with Gasteiger partial charge in [-0.1, -0.05) is 57.1 Å². The van der Waals surface area contributed by atoms with Crippen LogP contribution in [0.3, 0.4) is 0 Å². The van der Waals surface area contributed by atoms with E-state index < -0.39 is 0 Å². The molecule has 0 atom stereocenters. The maximum absolute atomic E-state index is 14.0. The fourth-order valence-corrected chi connectivity index (χ4v) is 6.42. The quantitative estimate of drug-likeness (QED) is 0.405. The molecule has 2 amide bonds. The molecule has 5 rings (SSSR count). The van der Waals surface area contributed by atoms with E-state index in [0.717, 1.165) is 87.6 Å². The van der Waals surface area contributed by atoms with E-state index in [4.69, 9.17) is 4.98 Å². The van der Waals surface area contributed by atoms with E-state index in [-0.39, 0.29) is 11.8 Å². The topological polar surface area (TPSA) is 67.2 Å². The lowest BCUT2D eigenvalue weighted by molar-refractivity contribution is -0.138. The van der Waals surface area contributed by atoms with Crippen molar-refractivity contribution in [2.24, 2.45) is 5.92 Å². The van der Waals surface area contributed by atoms with Gasteiger partial charge in [0.05, 0.1) is 11.0 Å². The molecule has 1 aromatic heterocycles. The van der Waals surface area contributed by atoms with Gasteiger partial charge in [-0.25, -0.2) is 4.98 Å². The Balaban J connectivity index is 1.25. The maximum atomic E-state index is 14.0. The van der Waals surface area contributed by atoms with Crippen LogP contribution in [0, 0.1) is 5.92 Å². The number of imidazole rings is 1. The van der Waals surface area contributed by atoms with Gasteiger partial charge in [-0.3, -0.25) is 9.59 Å². The van der Waals surface area contributed by atoms with Crippen LogP contribution < -0.4 is 5.32 Å². The third-order valence-electron chi connectivity index (χ3n) is 8.58. The van der Waals surface area contributed by atoms with Gasteiger partial charge in [-0.2, -0.15) is 0 Å². The van der Waals surface area contributed by atoms with Crippen molar-refractivity contribution in [3.8, 4) is 0 Å². The Bertz CT molecular complexity index is 997. The zero-order valence-corrected chi connectivity index (χ0v) is 21.9. The monoisotopic (exact) mass is 492 g/mol. The lowest BCUT2D eigenvalue weighted by Crippen LogP contribution is -2.50. The predicted octanol–water partition coefficient (Wildman–Crippen LogP) is 5.77. The average molecular weight is 493 g/mol. The number of hydrogen-bond acceptors (Lipinski definition) is 3. The third kappa shape index (κ3) is 6.30. The number of nitrogens with zero attached hydrogens (tertiary/aromatic N) is 3. The van der Waals surface area contributed by atoms with Crippen LogP contribution in [-0.2, 0) is 22.6 Å². The molecular formula is C30H44N4O2. The highest BCUT2D eigenvalue weighted by molar-refractivity contribution is 5.82. The summed E-state index contributed by atoms with van der Waals surface area (Å²) in [5.41, 5.74) is 2.06. The smallest absolute Gasteiger partial charge is 0.243 e. The first-order valence-corrected chi connectivity index (χ1v) is 14.7. The minimum absolute atomic E-state index is 0.232. The number of carbonyl (C=O) groups excluding carboxylic acids is 2. The zero-order valence-electron chi connectivity index (χ0n) is 21.9. The van der Waals surface area contributed by atoms with Crippen molar-refractivity contribution in [2.75, 3.05) is 6.54 Å². The Labute approximate surface area is 216 Å². The molecule has 2 aromatic rings. The van der Waals surface area contributed by atoms with Gasteiger partial charge in [-0.05, 0) is 63.5 Å². The van der Waals surface area contributed by atoms with E-state index in [1.807, 2.05) is 6.07 Å². The summed E-state index contributed by atoms with van der Waals surface area (Å²) in [5.74, 6) is 1.83. The third-order valence-corrected chi connectivity index (χ3v) is 8.58. The molecule has 0 radical (unpaired) electrons. The van der Waals surface area contributed by atoms with Crippen LogP contribution in [0.1, 0.15) is 102 Å². The Morgan fingerprint density at radius 1 is 0.861 bits per heavy atom. The van der Waals surface area contributed by atoms with Crippen LogP contribution in [0.2, 0.25) is 0 Å². The normalized spacial score (nSPS) is 19.4. The van der Waals surface area contributed by atoms with Crippen LogP contribution in [0.4, 0.5) is 0 Å². The van der Waals surface area contributed by atoms with E-state index >= 15 is 0 Å². The summed E-state index contributed by atoms with van der Waals surface area (Å²) >= 11 is 0. The second-order valence-corrected chi connectivity index (χ2v) is 11.4. The molecule has 196 valence electrons.